The minimum Gasteiger partial charge on any atom is -0.493 e. The highest BCUT2D eigenvalue weighted by molar-refractivity contribution is 5.43. The number of aliphatic hydroxyl groups excluding tert-OH is 1. The first-order valence-corrected chi connectivity index (χ1v) is 10.4. The number of hydrogen-bond acceptors (Lipinski definition) is 6. The highest BCUT2D eigenvalue weighted by atomic mass is 16.5. The molecule has 1 unspecified atom stereocenters. The van der Waals surface area contributed by atoms with Gasteiger partial charge in [-0.1, -0.05) is 26.0 Å². The van der Waals surface area contributed by atoms with Crippen molar-refractivity contribution in [2.24, 2.45) is 0 Å². The Labute approximate surface area is 174 Å². The molecule has 2 aromatic rings. The van der Waals surface area contributed by atoms with Gasteiger partial charge in [0.2, 0.25) is 0 Å². The van der Waals surface area contributed by atoms with Gasteiger partial charge in [0.1, 0.15) is 12.7 Å². The maximum atomic E-state index is 10.2. The van der Waals surface area contributed by atoms with Crippen LogP contribution in [0.2, 0.25) is 0 Å². The average Bonchev–Trinajstić information content (AvgIpc) is 2.75. The van der Waals surface area contributed by atoms with Crippen LogP contribution in [0, 0.1) is 6.92 Å². The molecular weight excluding hydrogens is 366 g/mol. The van der Waals surface area contributed by atoms with E-state index < -0.39 is 6.10 Å². The Balaban J connectivity index is 1.82. The topological polar surface area (TPSA) is 66.9 Å². The molecule has 6 nitrogen and oxygen atoms in total. The van der Waals surface area contributed by atoms with Gasteiger partial charge in [-0.3, -0.25) is 4.98 Å². The molecule has 160 valence electrons. The summed E-state index contributed by atoms with van der Waals surface area (Å²) < 4.78 is 11.3. The zero-order valence-corrected chi connectivity index (χ0v) is 18.1. The Morgan fingerprint density at radius 3 is 2.66 bits per heavy atom. The summed E-state index contributed by atoms with van der Waals surface area (Å²) in [6.07, 6.45) is 2.20. The molecule has 0 aliphatic rings. The fourth-order valence-electron chi connectivity index (χ4n) is 3.18. The number of likely N-dealkylation sites (N-methyl/N-ethyl adjacent to an activating group) is 1. The number of aliphatic hydroxyl groups is 1. The average molecular weight is 402 g/mol. The van der Waals surface area contributed by atoms with Gasteiger partial charge in [0.05, 0.1) is 7.11 Å². The highest BCUT2D eigenvalue weighted by Gasteiger charge is 2.12. The van der Waals surface area contributed by atoms with Gasteiger partial charge in [-0.2, -0.15) is 0 Å². The van der Waals surface area contributed by atoms with Crippen molar-refractivity contribution in [3.63, 3.8) is 0 Å². The number of rotatable bonds is 13. The van der Waals surface area contributed by atoms with Gasteiger partial charge in [0, 0.05) is 37.9 Å². The summed E-state index contributed by atoms with van der Waals surface area (Å²) in [6, 6.07) is 9.96. The minimum absolute atomic E-state index is 0.244. The Hall–Kier alpha value is -2.15. The summed E-state index contributed by atoms with van der Waals surface area (Å²) >= 11 is 0. The van der Waals surface area contributed by atoms with E-state index in [0.29, 0.717) is 18.0 Å². The third-order valence-electron chi connectivity index (χ3n) is 5.01. The number of aryl methyl sites for hydroxylation is 1. The van der Waals surface area contributed by atoms with Crippen molar-refractivity contribution in [1.82, 2.24) is 15.2 Å². The van der Waals surface area contributed by atoms with E-state index in [4.69, 9.17) is 9.47 Å². The molecule has 6 heteroatoms. The zero-order valence-electron chi connectivity index (χ0n) is 18.1. The molecule has 0 radical (unpaired) electrons. The van der Waals surface area contributed by atoms with Crippen LogP contribution in [0.15, 0.2) is 36.5 Å². The molecular formula is C23H35N3O3. The Bertz CT molecular complexity index is 735. The van der Waals surface area contributed by atoms with Gasteiger partial charge in [0.15, 0.2) is 11.5 Å². The molecule has 1 aromatic heterocycles. The lowest BCUT2D eigenvalue weighted by Crippen LogP contribution is -2.35. The monoisotopic (exact) mass is 401 g/mol. The molecule has 0 amide bonds. The number of aromatic nitrogens is 1. The van der Waals surface area contributed by atoms with Crippen LogP contribution in [-0.2, 0) is 13.0 Å². The van der Waals surface area contributed by atoms with Crippen LogP contribution >= 0.6 is 0 Å². The quantitative estimate of drug-likeness (QED) is 0.503. The van der Waals surface area contributed by atoms with Crippen LogP contribution in [-0.4, -0.2) is 61.0 Å². The SMILES string of the molecule is CCN(CC)CC(O)COc1ccc(CNCCc2ncccc2C)cc1OC. The fourth-order valence-corrected chi connectivity index (χ4v) is 3.18. The first kappa shape index (κ1) is 23.1. The molecule has 0 saturated carbocycles. The number of nitrogens with zero attached hydrogens (tertiary/aromatic N) is 2. The first-order chi connectivity index (χ1) is 14.1. The van der Waals surface area contributed by atoms with Crippen LogP contribution in [0.4, 0.5) is 0 Å². The van der Waals surface area contributed by atoms with Crippen LogP contribution in [0.25, 0.3) is 0 Å². The van der Waals surface area contributed by atoms with Gasteiger partial charge in [-0.15, -0.1) is 0 Å². The summed E-state index contributed by atoms with van der Waals surface area (Å²) in [5, 5.41) is 13.6. The molecule has 0 spiro atoms. The molecule has 0 aliphatic carbocycles. The van der Waals surface area contributed by atoms with Crippen molar-refractivity contribution in [3.05, 3.63) is 53.3 Å². The largest absolute Gasteiger partial charge is 0.493 e. The second-order valence-electron chi connectivity index (χ2n) is 7.13. The molecule has 0 saturated heterocycles. The second-order valence-corrected chi connectivity index (χ2v) is 7.13. The molecule has 29 heavy (non-hydrogen) atoms. The van der Waals surface area contributed by atoms with Crippen LogP contribution in [0.1, 0.15) is 30.7 Å². The van der Waals surface area contributed by atoms with E-state index in [2.05, 4.69) is 42.0 Å². The molecule has 0 bridgehead atoms. The maximum Gasteiger partial charge on any atom is 0.161 e. The van der Waals surface area contributed by atoms with Crippen molar-refractivity contribution in [3.8, 4) is 11.5 Å². The van der Waals surface area contributed by atoms with Crippen molar-refractivity contribution in [2.45, 2.75) is 39.8 Å². The van der Waals surface area contributed by atoms with E-state index in [1.54, 1.807) is 7.11 Å². The van der Waals surface area contributed by atoms with Crippen LogP contribution in [0.3, 0.4) is 0 Å². The van der Waals surface area contributed by atoms with Crippen molar-refractivity contribution in [2.75, 3.05) is 39.9 Å². The fraction of sp³-hybridized carbons (Fsp3) is 0.522. The van der Waals surface area contributed by atoms with E-state index in [1.807, 2.05) is 30.5 Å². The van der Waals surface area contributed by atoms with Gasteiger partial charge < -0.3 is 24.8 Å². The molecule has 1 aromatic carbocycles. The molecule has 0 aliphatic heterocycles. The van der Waals surface area contributed by atoms with E-state index >= 15 is 0 Å². The summed E-state index contributed by atoms with van der Waals surface area (Å²) in [4.78, 5) is 6.60. The number of pyridine rings is 1. The number of benzene rings is 1. The van der Waals surface area contributed by atoms with Gasteiger partial charge >= 0.3 is 0 Å². The maximum absolute atomic E-state index is 10.2. The lowest BCUT2D eigenvalue weighted by Gasteiger charge is -2.22. The van der Waals surface area contributed by atoms with Crippen LogP contribution in [0.5, 0.6) is 11.5 Å². The van der Waals surface area contributed by atoms with Crippen LogP contribution < -0.4 is 14.8 Å². The van der Waals surface area contributed by atoms with Crippen molar-refractivity contribution >= 4 is 0 Å². The summed E-state index contributed by atoms with van der Waals surface area (Å²) in [5.41, 5.74) is 3.47. The summed E-state index contributed by atoms with van der Waals surface area (Å²) in [7, 11) is 1.63. The van der Waals surface area contributed by atoms with E-state index in [1.165, 1.54) is 5.56 Å². The van der Waals surface area contributed by atoms with Gasteiger partial charge in [-0.25, -0.2) is 0 Å². The smallest absolute Gasteiger partial charge is 0.161 e. The molecule has 1 atom stereocenters. The lowest BCUT2D eigenvalue weighted by atomic mass is 10.1. The predicted octanol–water partition coefficient (Wildman–Crippen LogP) is 2.81. The molecule has 2 N–H and O–H groups in total. The van der Waals surface area contributed by atoms with E-state index in [0.717, 1.165) is 43.9 Å². The third kappa shape index (κ3) is 7.65. The predicted molar refractivity (Wildman–Crippen MR) is 117 cm³/mol. The lowest BCUT2D eigenvalue weighted by molar-refractivity contribution is 0.0705. The van der Waals surface area contributed by atoms with Crippen molar-refractivity contribution in [1.29, 1.82) is 0 Å². The normalized spacial score (nSPS) is 12.2. The van der Waals surface area contributed by atoms with E-state index in [-0.39, 0.29) is 6.61 Å². The highest BCUT2D eigenvalue weighted by Crippen LogP contribution is 2.28. The Morgan fingerprint density at radius 1 is 1.17 bits per heavy atom. The minimum atomic E-state index is -0.531. The number of methoxy groups -OCH3 is 1. The second kappa shape index (κ2) is 12.4. The number of nitrogens with one attached hydrogen (secondary N) is 1. The Morgan fingerprint density at radius 2 is 1.97 bits per heavy atom. The number of ether oxygens (including phenoxy) is 2. The molecule has 1 heterocycles. The van der Waals surface area contributed by atoms with Crippen molar-refractivity contribution < 1.29 is 14.6 Å². The standard InChI is InChI=1S/C23H35N3O3/c1-5-26(6-2)16-20(27)17-29-22-10-9-19(14-23(22)28-4)15-24-13-11-21-18(3)8-7-12-25-21/h7-10,12,14,20,24,27H,5-6,11,13,15-17H2,1-4H3. The summed E-state index contributed by atoms with van der Waals surface area (Å²) in [5.74, 6) is 1.33. The first-order valence-electron chi connectivity index (χ1n) is 10.4. The summed E-state index contributed by atoms with van der Waals surface area (Å²) in [6.45, 7) is 10.5. The molecule has 2 rings (SSSR count). The van der Waals surface area contributed by atoms with Gasteiger partial charge in [-0.05, 0) is 49.3 Å². The zero-order chi connectivity index (χ0) is 21.1. The third-order valence-corrected chi connectivity index (χ3v) is 5.01. The van der Waals surface area contributed by atoms with E-state index in [9.17, 15) is 5.11 Å². The van der Waals surface area contributed by atoms with Gasteiger partial charge in [0.25, 0.3) is 0 Å². The Kier molecular flexibility index (Phi) is 9.91. The molecule has 0 fully saturated rings. The number of hydrogen-bond donors (Lipinski definition) is 2.